The Balaban J connectivity index is 3.02. The second-order valence-electron chi connectivity index (χ2n) is 3.12. The zero-order valence-electron chi connectivity index (χ0n) is 8.81. The van der Waals surface area contributed by atoms with Gasteiger partial charge in [0.15, 0.2) is 0 Å². The van der Waals surface area contributed by atoms with Crippen molar-refractivity contribution in [3.05, 3.63) is 38.3 Å². The summed E-state index contributed by atoms with van der Waals surface area (Å²) in [7, 11) is 1.08. The van der Waals surface area contributed by atoms with Crippen LogP contribution >= 0.6 is 15.9 Å². The van der Waals surface area contributed by atoms with Crippen LogP contribution in [0.5, 0.6) is 0 Å². The minimum Gasteiger partial charge on any atom is -0.463 e. The van der Waals surface area contributed by atoms with Crippen LogP contribution in [0, 0.1) is 10.1 Å². The average Bonchev–Trinajstić information content (AvgIpc) is 2.29. The molecule has 90 valence electrons. The highest BCUT2D eigenvalue weighted by Crippen LogP contribution is 2.24. The summed E-state index contributed by atoms with van der Waals surface area (Å²) in [4.78, 5) is 32.4. The number of ketones is 1. The first kappa shape index (κ1) is 13.3. The van der Waals surface area contributed by atoms with Crippen molar-refractivity contribution in [2.75, 3.05) is 7.11 Å². The van der Waals surface area contributed by atoms with E-state index in [1.807, 2.05) is 0 Å². The second kappa shape index (κ2) is 5.53. The lowest BCUT2D eigenvalue weighted by Gasteiger charge is -2.02. The Hall–Kier alpha value is -1.76. The van der Waals surface area contributed by atoms with Gasteiger partial charge in [0.05, 0.1) is 12.0 Å². The minimum absolute atomic E-state index is 0.175. The zero-order chi connectivity index (χ0) is 13.0. The van der Waals surface area contributed by atoms with E-state index in [9.17, 15) is 19.7 Å². The largest absolute Gasteiger partial charge is 0.463 e. The standard InChI is InChI=1S/C10H8BrNO5/c1-17-10(14)9(13)4-6-2-3-7(11)5-8(6)12(15)16/h2-3,5H,4H2,1H3. The number of rotatable bonds is 4. The summed E-state index contributed by atoms with van der Waals surface area (Å²) >= 11 is 3.09. The molecule has 0 saturated carbocycles. The number of hydrogen-bond acceptors (Lipinski definition) is 5. The van der Waals surface area contributed by atoms with E-state index in [-0.39, 0.29) is 17.7 Å². The van der Waals surface area contributed by atoms with Crippen LogP contribution in [0.1, 0.15) is 5.56 Å². The van der Waals surface area contributed by atoms with Crippen LogP contribution in [-0.4, -0.2) is 23.8 Å². The lowest BCUT2D eigenvalue weighted by atomic mass is 10.1. The van der Waals surface area contributed by atoms with Gasteiger partial charge in [-0.05, 0) is 6.07 Å². The SMILES string of the molecule is COC(=O)C(=O)Cc1ccc(Br)cc1[N+](=O)[O-]. The van der Waals surface area contributed by atoms with E-state index >= 15 is 0 Å². The van der Waals surface area contributed by atoms with Crippen molar-refractivity contribution in [1.29, 1.82) is 0 Å². The predicted octanol–water partition coefficient (Wildman–Crippen LogP) is 1.64. The molecule has 0 N–H and O–H groups in total. The summed E-state index contributed by atoms with van der Waals surface area (Å²) in [6.45, 7) is 0. The maximum Gasteiger partial charge on any atom is 0.374 e. The van der Waals surface area contributed by atoms with Gasteiger partial charge in [-0.15, -0.1) is 0 Å². The van der Waals surface area contributed by atoms with Gasteiger partial charge in [-0.3, -0.25) is 14.9 Å². The predicted molar refractivity (Wildman–Crippen MR) is 61.5 cm³/mol. The van der Waals surface area contributed by atoms with Crippen LogP contribution in [0.3, 0.4) is 0 Å². The van der Waals surface area contributed by atoms with Crippen molar-refractivity contribution in [1.82, 2.24) is 0 Å². The number of halogens is 1. The van der Waals surface area contributed by atoms with E-state index < -0.39 is 16.7 Å². The molecule has 0 aliphatic heterocycles. The van der Waals surface area contributed by atoms with Crippen molar-refractivity contribution < 1.29 is 19.2 Å². The molecule has 0 aliphatic rings. The Morgan fingerprint density at radius 2 is 2.12 bits per heavy atom. The van der Waals surface area contributed by atoms with Crippen molar-refractivity contribution in [3.8, 4) is 0 Å². The molecular weight excluding hydrogens is 294 g/mol. The van der Waals surface area contributed by atoms with Gasteiger partial charge in [0.1, 0.15) is 0 Å². The molecule has 0 aliphatic carbocycles. The third kappa shape index (κ3) is 3.35. The lowest BCUT2D eigenvalue weighted by Crippen LogP contribution is -2.18. The lowest BCUT2D eigenvalue weighted by molar-refractivity contribution is -0.385. The van der Waals surface area contributed by atoms with Gasteiger partial charge in [0.2, 0.25) is 5.78 Å². The Bertz CT molecular complexity index is 486. The van der Waals surface area contributed by atoms with Crippen molar-refractivity contribution in [3.63, 3.8) is 0 Å². The normalized spacial score (nSPS) is 9.76. The van der Waals surface area contributed by atoms with Gasteiger partial charge in [-0.25, -0.2) is 4.79 Å². The van der Waals surface area contributed by atoms with Crippen molar-refractivity contribution in [2.45, 2.75) is 6.42 Å². The van der Waals surface area contributed by atoms with E-state index in [1.54, 1.807) is 6.07 Å². The summed E-state index contributed by atoms with van der Waals surface area (Å²) in [5, 5.41) is 10.8. The highest BCUT2D eigenvalue weighted by Gasteiger charge is 2.21. The summed E-state index contributed by atoms with van der Waals surface area (Å²) in [6.07, 6.45) is -0.351. The number of carbonyl (C=O) groups is 2. The molecule has 0 spiro atoms. The quantitative estimate of drug-likeness (QED) is 0.365. The molecule has 0 bridgehead atoms. The number of ether oxygens (including phenoxy) is 1. The molecule has 0 amide bonds. The number of benzene rings is 1. The van der Waals surface area contributed by atoms with E-state index in [0.717, 1.165) is 7.11 Å². The topological polar surface area (TPSA) is 86.5 Å². The summed E-state index contributed by atoms with van der Waals surface area (Å²) in [6, 6.07) is 4.26. The van der Waals surface area contributed by atoms with Crippen LogP contribution in [0.2, 0.25) is 0 Å². The molecule has 7 heteroatoms. The molecule has 17 heavy (non-hydrogen) atoms. The number of Topliss-reactive ketones (excluding diaryl/α,β-unsaturated/α-hetero) is 1. The van der Waals surface area contributed by atoms with Gasteiger partial charge in [-0.2, -0.15) is 0 Å². The van der Waals surface area contributed by atoms with Crippen LogP contribution in [0.25, 0.3) is 0 Å². The van der Waals surface area contributed by atoms with Crippen LogP contribution < -0.4 is 0 Å². The minimum atomic E-state index is -1.01. The number of nitrogens with zero attached hydrogens (tertiary/aromatic N) is 1. The second-order valence-corrected chi connectivity index (χ2v) is 4.04. The van der Waals surface area contributed by atoms with Crippen LogP contribution in [-0.2, 0) is 20.7 Å². The zero-order valence-corrected chi connectivity index (χ0v) is 10.4. The van der Waals surface area contributed by atoms with E-state index in [0.29, 0.717) is 4.47 Å². The summed E-state index contributed by atoms with van der Waals surface area (Å²) in [5.74, 6) is -1.83. The monoisotopic (exact) mass is 301 g/mol. The summed E-state index contributed by atoms with van der Waals surface area (Å²) < 4.78 is 4.77. The molecular formula is C10H8BrNO5. The Kier molecular flexibility index (Phi) is 4.33. The number of esters is 1. The van der Waals surface area contributed by atoms with Gasteiger partial charge < -0.3 is 4.74 Å². The van der Waals surface area contributed by atoms with E-state index in [4.69, 9.17) is 0 Å². The van der Waals surface area contributed by atoms with Gasteiger partial charge in [0, 0.05) is 22.5 Å². The summed E-state index contributed by atoms with van der Waals surface area (Å²) in [5.41, 5.74) is -0.0368. The number of nitro groups is 1. The number of methoxy groups -OCH3 is 1. The molecule has 6 nitrogen and oxygen atoms in total. The number of nitro benzene ring substituents is 1. The van der Waals surface area contributed by atoms with E-state index in [1.165, 1.54) is 12.1 Å². The Morgan fingerprint density at radius 3 is 2.65 bits per heavy atom. The molecule has 0 heterocycles. The molecule has 1 aromatic carbocycles. The smallest absolute Gasteiger partial charge is 0.374 e. The molecule has 1 aromatic rings. The third-order valence-electron chi connectivity index (χ3n) is 2.01. The highest BCUT2D eigenvalue weighted by atomic mass is 79.9. The fourth-order valence-electron chi connectivity index (χ4n) is 1.22. The van der Waals surface area contributed by atoms with Crippen LogP contribution in [0.4, 0.5) is 5.69 Å². The molecule has 0 atom stereocenters. The molecule has 0 fully saturated rings. The molecule has 0 radical (unpaired) electrons. The highest BCUT2D eigenvalue weighted by molar-refractivity contribution is 9.10. The third-order valence-corrected chi connectivity index (χ3v) is 2.50. The van der Waals surface area contributed by atoms with Gasteiger partial charge in [-0.1, -0.05) is 22.0 Å². The average molecular weight is 302 g/mol. The first-order chi connectivity index (χ1) is 7.95. The molecule has 0 aromatic heterocycles. The van der Waals surface area contributed by atoms with E-state index in [2.05, 4.69) is 20.7 Å². The number of carbonyl (C=O) groups excluding carboxylic acids is 2. The maximum absolute atomic E-state index is 11.3. The Morgan fingerprint density at radius 1 is 1.47 bits per heavy atom. The van der Waals surface area contributed by atoms with Gasteiger partial charge in [0.25, 0.3) is 5.69 Å². The molecule has 1 rings (SSSR count). The maximum atomic E-state index is 11.3. The first-order valence-electron chi connectivity index (χ1n) is 4.49. The fourth-order valence-corrected chi connectivity index (χ4v) is 1.56. The Labute approximate surface area is 105 Å². The molecule has 0 saturated heterocycles. The van der Waals surface area contributed by atoms with Gasteiger partial charge >= 0.3 is 5.97 Å². The van der Waals surface area contributed by atoms with Crippen molar-refractivity contribution in [2.24, 2.45) is 0 Å². The van der Waals surface area contributed by atoms with Crippen LogP contribution in [0.15, 0.2) is 22.7 Å². The van der Waals surface area contributed by atoms with Crippen molar-refractivity contribution >= 4 is 33.4 Å². The molecule has 0 unspecified atom stereocenters. The fraction of sp³-hybridized carbons (Fsp3) is 0.200. The first-order valence-corrected chi connectivity index (χ1v) is 5.29. The number of hydrogen-bond donors (Lipinski definition) is 0.